The lowest BCUT2D eigenvalue weighted by Gasteiger charge is -2.15. The number of hydrogen-bond acceptors (Lipinski definition) is 3. The summed E-state index contributed by atoms with van der Waals surface area (Å²) < 4.78 is 6.52. The van der Waals surface area contributed by atoms with Gasteiger partial charge in [-0.2, -0.15) is 0 Å². The maximum atomic E-state index is 12.3. The van der Waals surface area contributed by atoms with Gasteiger partial charge in [-0.1, -0.05) is 18.6 Å². The van der Waals surface area contributed by atoms with E-state index in [1.807, 2.05) is 18.2 Å². The molecule has 0 bridgehead atoms. The van der Waals surface area contributed by atoms with Crippen LogP contribution in [-0.4, -0.2) is 25.0 Å². The molecule has 1 atom stereocenters. The third kappa shape index (κ3) is 2.88. The van der Waals surface area contributed by atoms with Crippen molar-refractivity contribution < 1.29 is 9.21 Å². The summed E-state index contributed by atoms with van der Waals surface area (Å²) in [5.41, 5.74) is 0.719. The number of carbonyl (C=O) groups is 1. The van der Waals surface area contributed by atoms with E-state index in [4.69, 9.17) is 4.42 Å². The Morgan fingerprint density at radius 2 is 2.30 bits per heavy atom. The third-order valence-corrected chi connectivity index (χ3v) is 4.23. The Labute approximate surface area is 126 Å². The van der Waals surface area contributed by atoms with Crippen LogP contribution in [0.3, 0.4) is 0 Å². The Morgan fingerprint density at radius 3 is 3.15 bits per heavy atom. The molecule has 2 heterocycles. The van der Waals surface area contributed by atoms with E-state index in [9.17, 15) is 4.79 Å². The highest BCUT2D eigenvalue weighted by molar-refractivity contribution is 9.10. The van der Waals surface area contributed by atoms with Gasteiger partial charge in [0.25, 0.3) is 5.91 Å². The number of nitrogens with one attached hydrogen (secondary N) is 2. The van der Waals surface area contributed by atoms with Gasteiger partial charge in [0.15, 0.2) is 5.76 Å². The number of carbonyl (C=O) groups excluding carboxylic acids is 1. The molecule has 1 aromatic carbocycles. The molecule has 0 aliphatic carbocycles. The Bertz CT molecular complexity index is 615. The molecule has 1 fully saturated rings. The average molecular weight is 337 g/mol. The van der Waals surface area contributed by atoms with Crippen LogP contribution in [0.4, 0.5) is 0 Å². The van der Waals surface area contributed by atoms with Gasteiger partial charge in [0, 0.05) is 18.0 Å². The summed E-state index contributed by atoms with van der Waals surface area (Å²) >= 11 is 3.43. The zero-order valence-corrected chi connectivity index (χ0v) is 12.7. The van der Waals surface area contributed by atoms with Crippen molar-refractivity contribution >= 4 is 32.8 Å². The number of benzene rings is 1. The van der Waals surface area contributed by atoms with Gasteiger partial charge in [-0.3, -0.25) is 4.79 Å². The van der Waals surface area contributed by atoms with Gasteiger partial charge < -0.3 is 15.1 Å². The van der Waals surface area contributed by atoms with E-state index in [1.54, 1.807) is 6.07 Å². The molecule has 1 aliphatic heterocycles. The molecule has 1 unspecified atom stereocenters. The Morgan fingerprint density at radius 1 is 1.40 bits per heavy atom. The molecular weight excluding hydrogens is 320 g/mol. The minimum atomic E-state index is -0.137. The van der Waals surface area contributed by atoms with Crippen LogP contribution in [0.25, 0.3) is 11.0 Å². The summed E-state index contributed by atoms with van der Waals surface area (Å²) in [6.45, 7) is 1.86. The number of halogens is 1. The standard InChI is InChI=1S/C15H17BrN2O2/c16-12-6-3-4-10-8-13(20-14(10)12)15(19)18-11-5-1-2-7-17-9-11/h3-4,6,8,11,17H,1-2,5,7,9H2,(H,18,19). The monoisotopic (exact) mass is 336 g/mol. The van der Waals surface area contributed by atoms with Gasteiger partial charge in [-0.25, -0.2) is 0 Å². The van der Waals surface area contributed by atoms with E-state index in [0.717, 1.165) is 41.4 Å². The summed E-state index contributed by atoms with van der Waals surface area (Å²) in [5, 5.41) is 7.32. The van der Waals surface area contributed by atoms with Crippen molar-refractivity contribution in [3.8, 4) is 0 Å². The van der Waals surface area contributed by atoms with Gasteiger partial charge in [0.1, 0.15) is 5.58 Å². The maximum Gasteiger partial charge on any atom is 0.287 e. The van der Waals surface area contributed by atoms with Crippen LogP contribution in [0.5, 0.6) is 0 Å². The fraction of sp³-hybridized carbons (Fsp3) is 0.400. The number of amides is 1. The zero-order chi connectivity index (χ0) is 13.9. The van der Waals surface area contributed by atoms with E-state index >= 15 is 0 Å². The zero-order valence-electron chi connectivity index (χ0n) is 11.1. The van der Waals surface area contributed by atoms with Crippen LogP contribution in [-0.2, 0) is 0 Å². The van der Waals surface area contributed by atoms with Gasteiger partial charge in [-0.05, 0) is 47.4 Å². The largest absolute Gasteiger partial charge is 0.450 e. The first-order valence-corrected chi connectivity index (χ1v) is 7.73. The quantitative estimate of drug-likeness (QED) is 0.886. The van der Waals surface area contributed by atoms with Crippen molar-refractivity contribution in [3.05, 3.63) is 34.5 Å². The van der Waals surface area contributed by atoms with Crippen LogP contribution in [0.2, 0.25) is 0 Å². The molecular formula is C15H17BrN2O2. The summed E-state index contributed by atoms with van der Waals surface area (Å²) in [6, 6.07) is 7.75. The van der Waals surface area contributed by atoms with Crippen LogP contribution in [0, 0.1) is 0 Å². The van der Waals surface area contributed by atoms with E-state index in [0.29, 0.717) is 5.76 Å². The van der Waals surface area contributed by atoms with Crippen molar-refractivity contribution in [3.63, 3.8) is 0 Å². The maximum absolute atomic E-state index is 12.3. The molecule has 5 heteroatoms. The SMILES string of the molecule is O=C(NC1CCCCNC1)c1cc2cccc(Br)c2o1. The molecule has 106 valence electrons. The molecule has 1 aromatic heterocycles. The van der Waals surface area contributed by atoms with Crippen LogP contribution in [0.15, 0.2) is 33.2 Å². The summed E-state index contributed by atoms with van der Waals surface area (Å²) in [7, 11) is 0. The predicted octanol–water partition coefficient (Wildman–Crippen LogP) is 3.07. The summed E-state index contributed by atoms with van der Waals surface area (Å²) in [5.74, 6) is 0.234. The fourth-order valence-corrected chi connectivity index (χ4v) is 3.00. The van der Waals surface area contributed by atoms with E-state index < -0.39 is 0 Å². The van der Waals surface area contributed by atoms with Crippen molar-refractivity contribution in [1.82, 2.24) is 10.6 Å². The normalized spacial score (nSPS) is 19.8. The minimum absolute atomic E-state index is 0.137. The molecule has 0 radical (unpaired) electrons. The van der Waals surface area contributed by atoms with Crippen LogP contribution in [0.1, 0.15) is 29.8 Å². The van der Waals surface area contributed by atoms with Gasteiger partial charge in [0.2, 0.25) is 0 Å². The lowest BCUT2D eigenvalue weighted by molar-refractivity contribution is 0.0909. The average Bonchev–Trinajstić information content (AvgIpc) is 2.72. The molecule has 4 nitrogen and oxygen atoms in total. The van der Waals surface area contributed by atoms with Gasteiger partial charge in [0.05, 0.1) is 4.47 Å². The first kappa shape index (κ1) is 13.6. The first-order chi connectivity index (χ1) is 9.74. The highest BCUT2D eigenvalue weighted by Crippen LogP contribution is 2.27. The molecule has 1 saturated heterocycles. The number of para-hydroxylation sites is 1. The molecule has 1 aliphatic rings. The summed E-state index contributed by atoms with van der Waals surface area (Å²) in [6.07, 6.45) is 3.33. The number of hydrogen-bond donors (Lipinski definition) is 2. The Kier molecular flexibility index (Phi) is 4.08. The van der Waals surface area contributed by atoms with Crippen LogP contribution < -0.4 is 10.6 Å². The molecule has 0 spiro atoms. The molecule has 0 saturated carbocycles. The Hall–Kier alpha value is -1.33. The lowest BCUT2D eigenvalue weighted by atomic mass is 10.1. The second-order valence-corrected chi connectivity index (χ2v) is 5.99. The smallest absolute Gasteiger partial charge is 0.287 e. The van der Waals surface area contributed by atoms with Gasteiger partial charge in [-0.15, -0.1) is 0 Å². The molecule has 2 aromatic rings. The van der Waals surface area contributed by atoms with Crippen molar-refractivity contribution in [2.24, 2.45) is 0 Å². The second kappa shape index (κ2) is 5.97. The predicted molar refractivity (Wildman–Crippen MR) is 81.9 cm³/mol. The van der Waals surface area contributed by atoms with Gasteiger partial charge >= 0.3 is 0 Å². The molecule has 1 amide bonds. The number of furan rings is 1. The van der Waals surface area contributed by atoms with Crippen LogP contribution >= 0.6 is 15.9 Å². The van der Waals surface area contributed by atoms with E-state index in [-0.39, 0.29) is 11.9 Å². The second-order valence-electron chi connectivity index (χ2n) is 5.14. The van der Waals surface area contributed by atoms with Crippen molar-refractivity contribution in [1.29, 1.82) is 0 Å². The minimum Gasteiger partial charge on any atom is -0.450 e. The van der Waals surface area contributed by atoms with E-state index in [2.05, 4.69) is 26.6 Å². The first-order valence-electron chi connectivity index (χ1n) is 6.94. The number of rotatable bonds is 2. The van der Waals surface area contributed by atoms with E-state index in [1.165, 1.54) is 6.42 Å². The number of fused-ring (bicyclic) bond motifs is 1. The Balaban J connectivity index is 1.76. The molecule has 2 N–H and O–H groups in total. The van der Waals surface area contributed by atoms with Crippen molar-refractivity contribution in [2.45, 2.75) is 25.3 Å². The fourth-order valence-electron chi connectivity index (χ4n) is 2.54. The topological polar surface area (TPSA) is 54.3 Å². The third-order valence-electron chi connectivity index (χ3n) is 3.60. The highest BCUT2D eigenvalue weighted by Gasteiger charge is 2.18. The summed E-state index contributed by atoms with van der Waals surface area (Å²) in [4.78, 5) is 12.3. The molecule has 3 rings (SSSR count). The lowest BCUT2D eigenvalue weighted by Crippen LogP contribution is -2.40. The highest BCUT2D eigenvalue weighted by atomic mass is 79.9. The molecule has 20 heavy (non-hydrogen) atoms. The van der Waals surface area contributed by atoms with Crippen molar-refractivity contribution in [2.75, 3.05) is 13.1 Å².